The van der Waals surface area contributed by atoms with Crippen LogP contribution in [0.15, 0.2) is 48.5 Å². The second kappa shape index (κ2) is 13.0. The van der Waals surface area contributed by atoms with E-state index in [1.54, 1.807) is 9.80 Å². The van der Waals surface area contributed by atoms with Crippen molar-refractivity contribution < 1.29 is 19.1 Å². The molecule has 10 nitrogen and oxygen atoms in total. The van der Waals surface area contributed by atoms with Crippen molar-refractivity contribution in [2.24, 2.45) is 0 Å². The van der Waals surface area contributed by atoms with Crippen molar-refractivity contribution in [1.29, 1.82) is 0 Å². The Hall–Kier alpha value is -3.82. The third-order valence-corrected chi connectivity index (χ3v) is 6.38. The second-order valence-electron chi connectivity index (χ2n) is 12.1. The third kappa shape index (κ3) is 9.73. The Morgan fingerprint density at radius 2 is 0.825 bits per heavy atom. The molecule has 2 aromatic rings. The zero-order valence-electron chi connectivity index (χ0n) is 24.9. The van der Waals surface area contributed by atoms with Crippen LogP contribution in [0.1, 0.15) is 41.5 Å². The van der Waals surface area contributed by atoms with Crippen LogP contribution in [0.4, 0.5) is 32.3 Å². The lowest BCUT2D eigenvalue weighted by atomic mass is 10.2. The van der Waals surface area contributed by atoms with Gasteiger partial charge in [0.15, 0.2) is 0 Å². The first kappa shape index (κ1) is 30.7. The first-order valence-electron chi connectivity index (χ1n) is 13.9. The highest BCUT2D eigenvalue weighted by molar-refractivity contribution is 5.69. The number of rotatable bonds is 2. The van der Waals surface area contributed by atoms with Crippen molar-refractivity contribution in [2.75, 3.05) is 73.6 Å². The van der Waals surface area contributed by atoms with Crippen molar-refractivity contribution in [2.45, 2.75) is 52.7 Å². The maximum Gasteiger partial charge on any atom is 0.410 e. The highest BCUT2D eigenvalue weighted by atomic mass is 16.6. The SMILES string of the molecule is CC(C)(C)OC(=O)N1CCN(c2ccc(N)cc2)CC1.CC(C)(C)OC(=O)N1CCN(c2ccc(N)cc2)CC1. The summed E-state index contributed by atoms with van der Waals surface area (Å²) in [5.41, 5.74) is 14.3. The molecule has 2 aliphatic heterocycles. The summed E-state index contributed by atoms with van der Waals surface area (Å²) in [5.74, 6) is 0. The average Bonchev–Trinajstić information content (AvgIpc) is 2.88. The van der Waals surface area contributed by atoms with Crippen LogP contribution in [0.5, 0.6) is 0 Å². The molecule has 4 N–H and O–H groups in total. The molecule has 40 heavy (non-hydrogen) atoms. The monoisotopic (exact) mass is 554 g/mol. The fourth-order valence-electron chi connectivity index (χ4n) is 4.32. The maximum atomic E-state index is 12.0. The number of ether oxygens (including phenoxy) is 2. The molecular weight excluding hydrogens is 508 g/mol. The molecule has 0 radical (unpaired) electrons. The largest absolute Gasteiger partial charge is 0.444 e. The van der Waals surface area contributed by atoms with Gasteiger partial charge < -0.3 is 40.5 Å². The summed E-state index contributed by atoms with van der Waals surface area (Å²) in [5, 5.41) is 0. The van der Waals surface area contributed by atoms with Gasteiger partial charge in [0.25, 0.3) is 0 Å². The number of carbonyl (C=O) groups excluding carboxylic acids is 2. The van der Waals surface area contributed by atoms with E-state index in [4.69, 9.17) is 20.9 Å². The molecule has 2 aliphatic rings. The van der Waals surface area contributed by atoms with E-state index in [-0.39, 0.29) is 12.2 Å². The van der Waals surface area contributed by atoms with Gasteiger partial charge in [-0.3, -0.25) is 0 Å². The van der Waals surface area contributed by atoms with Crippen LogP contribution in [-0.2, 0) is 9.47 Å². The molecule has 0 aromatic heterocycles. The van der Waals surface area contributed by atoms with Gasteiger partial charge in [-0.25, -0.2) is 9.59 Å². The second-order valence-corrected chi connectivity index (χ2v) is 12.1. The van der Waals surface area contributed by atoms with E-state index in [1.165, 1.54) is 0 Å². The Balaban J connectivity index is 0.000000220. The number of nitrogens with two attached hydrogens (primary N) is 2. The number of carbonyl (C=O) groups is 2. The summed E-state index contributed by atoms with van der Waals surface area (Å²) in [6, 6.07) is 15.6. The standard InChI is InChI=1S/2C15H23N3O2/c2*1-15(2,3)20-14(19)18-10-8-17(9-11-18)13-6-4-12(16)5-7-13/h2*4-7H,8-11,16H2,1-3H3. The summed E-state index contributed by atoms with van der Waals surface area (Å²) < 4.78 is 10.8. The summed E-state index contributed by atoms with van der Waals surface area (Å²) in [7, 11) is 0. The Labute approximate surface area is 238 Å². The Bertz CT molecular complexity index is 1000. The van der Waals surface area contributed by atoms with Crippen molar-refractivity contribution in [1.82, 2.24) is 9.80 Å². The fraction of sp³-hybridized carbons (Fsp3) is 0.533. The molecular formula is C30H46N6O4. The van der Waals surface area contributed by atoms with Gasteiger partial charge in [-0.15, -0.1) is 0 Å². The highest BCUT2D eigenvalue weighted by Crippen LogP contribution is 2.20. The molecule has 0 unspecified atom stereocenters. The number of hydrogen-bond donors (Lipinski definition) is 2. The van der Waals surface area contributed by atoms with Gasteiger partial charge >= 0.3 is 12.2 Å². The molecule has 2 heterocycles. The summed E-state index contributed by atoms with van der Waals surface area (Å²) in [4.78, 5) is 32.0. The number of nitrogens with zero attached hydrogens (tertiary/aromatic N) is 4. The minimum absolute atomic E-state index is 0.227. The van der Waals surface area contributed by atoms with E-state index in [0.29, 0.717) is 26.2 Å². The van der Waals surface area contributed by atoms with Crippen molar-refractivity contribution >= 4 is 34.9 Å². The van der Waals surface area contributed by atoms with Crippen LogP contribution >= 0.6 is 0 Å². The molecule has 2 aromatic carbocycles. The van der Waals surface area contributed by atoms with Gasteiger partial charge in [0.05, 0.1) is 0 Å². The molecule has 2 saturated heterocycles. The van der Waals surface area contributed by atoms with Crippen LogP contribution in [0.3, 0.4) is 0 Å². The summed E-state index contributed by atoms with van der Waals surface area (Å²) in [6.07, 6.45) is -0.455. The van der Waals surface area contributed by atoms with E-state index in [9.17, 15) is 9.59 Å². The van der Waals surface area contributed by atoms with Crippen molar-refractivity contribution in [3.05, 3.63) is 48.5 Å². The van der Waals surface area contributed by atoms with E-state index in [0.717, 1.165) is 48.9 Å². The zero-order valence-corrected chi connectivity index (χ0v) is 24.9. The van der Waals surface area contributed by atoms with E-state index >= 15 is 0 Å². The maximum absolute atomic E-state index is 12.0. The molecule has 220 valence electrons. The molecule has 2 amide bonds. The van der Waals surface area contributed by atoms with E-state index in [1.807, 2.05) is 90.1 Å². The topological polar surface area (TPSA) is 118 Å². The lowest BCUT2D eigenvalue weighted by Gasteiger charge is -2.36. The molecule has 0 bridgehead atoms. The Kier molecular flexibility index (Phi) is 10.0. The molecule has 10 heteroatoms. The lowest BCUT2D eigenvalue weighted by molar-refractivity contribution is 0.0230. The zero-order chi connectivity index (χ0) is 29.5. The van der Waals surface area contributed by atoms with Crippen molar-refractivity contribution in [3.8, 4) is 0 Å². The van der Waals surface area contributed by atoms with Gasteiger partial charge in [-0.1, -0.05) is 0 Å². The predicted octanol–water partition coefficient (Wildman–Crippen LogP) is 4.65. The minimum Gasteiger partial charge on any atom is -0.444 e. The van der Waals surface area contributed by atoms with Crippen LogP contribution in [0.25, 0.3) is 0 Å². The number of piperazine rings is 2. The van der Waals surface area contributed by atoms with E-state index in [2.05, 4.69) is 9.80 Å². The smallest absolute Gasteiger partial charge is 0.410 e. The molecule has 4 rings (SSSR count). The van der Waals surface area contributed by atoms with E-state index < -0.39 is 11.2 Å². The van der Waals surface area contributed by atoms with Crippen molar-refractivity contribution in [3.63, 3.8) is 0 Å². The van der Waals surface area contributed by atoms with Gasteiger partial charge in [0.1, 0.15) is 11.2 Å². The van der Waals surface area contributed by atoms with Gasteiger partial charge in [-0.2, -0.15) is 0 Å². The fourth-order valence-corrected chi connectivity index (χ4v) is 4.32. The first-order valence-corrected chi connectivity index (χ1v) is 13.9. The Morgan fingerprint density at radius 3 is 1.07 bits per heavy atom. The summed E-state index contributed by atoms with van der Waals surface area (Å²) >= 11 is 0. The molecule has 0 aliphatic carbocycles. The number of nitrogen functional groups attached to an aromatic ring is 2. The number of benzene rings is 2. The molecule has 0 spiro atoms. The molecule has 2 fully saturated rings. The first-order chi connectivity index (χ1) is 18.7. The predicted molar refractivity (Wildman–Crippen MR) is 162 cm³/mol. The minimum atomic E-state index is -0.439. The van der Waals surface area contributed by atoms with Crippen LogP contribution in [-0.4, -0.2) is 85.5 Å². The normalized spacial score (nSPS) is 16.1. The van der Waals surface area contributed by atoms with Gasteiger partial charge in [0, 0.05) is 75.1 Å². The highest BCUT2D eigenvalue weighted by Gasteiger charge is 2.27. The number of anilines is 4. The van der Waals surface area contributed by atoms with Gasteiger partial charge in [0.2, 0.25) is 0 Å². The average molecular weight is 555 g/mol. The lowest BCUT2D eigenvalue weighted by Crippen LogP contribution is -2.50. The Morgan fingerprint density at radius 1 is 0.550 bits per heavy atom. The number of hydrogen-bond acceptors (Lipinski definition) is 8. The molecule has 0 atom stereocenters. The van der Waals surface area contributed by atoms with Gasteiger partial charge in [-0.05, 0) is 90.1 Å². The molecule has 0 saturated carbocycles. The van der Waals surface area contributed by atoms with Crippen LogP contribution in [0, 0.1) is 0 Å². The van der Waals surface area contributed by atoms with Crippen LogP contribution in [0.2, 0.25) is 0 Å². The quantitative estimate of drug-likeness (QED) is 0.515. The third-order valence-electron chi connectivity index (χ3n) is 6.38. The van der Waals surface area contributed by atoms with Crippen LogP contribution < -0.4 is 21.3 Å². The number of amides is 2. The summed E-state index contributed by atoms with van der Waals surface area (Å²) in [6.45, 7) is 17.3.